The van der Waals surface area contributed by atoms with Crippen molar-refractivity contribution in [3.63, 3.8) is 0 Å². The standard InChI is InChI=1S/C27H35N3O3S/c1-3-4-5-14-28-26(32)20-12-15-29(16-13-20)27(33)22-18-24(31)30(21-10-8-19(2)9-11-21)25(22)23-7-6-17-34-23/h6-11,17,20,22,25H,3-5,12-16,18H2,1-2H3,(H,28,32). The Labute approximate surface area is 206 Å². The number of anilines is 1. The minimum Gasteiger partial charge on any atom is -0.356 e. The van der Waals surface area contributed by atoms with Crippen LogP contribution in [0.4, 0.5) is 5.69 Å². The number of unbranched alkanes of at least 4 members (excludes halogenated alkanes) is 2. The molecule has 0 aliphatic carbocycles. The zero-order valence-electron chi connectivity index (χ0n) is 20.2. The van der Waals surface area contributed by atoms with Gasteiger partial charge in [0.05, 0.1) is 12.0 Å². The summed E-state index contributed by atoms with van der Waals surface area (Å²) in [6.45, 7) is 6.03. The van der Waals surface area contributed by atoms with Gasteiger partial charge in [-0.25, -0.2) is 0 Å². The van der Waals surface area contributed by atoms with E-state index in [9.17, 15) is 14.4 Å². The number of likely N-dealkylation sites (tertiary alicyclic amines) is 1. The van der Waals surface area contributed by atoms with Crippen molar-refractivity contribution in [1.29, 1.82) is 0 Å². The number of amides is 3. The molecule has 1 N–H and O–H groups in total. The summed E-state index contributed by atoms with van der Waals surface area (Å²) >= 11 is 1.59. The fourth-order valence-electron chi connectivity index (χ4n) is 5.08. The molecule has 1 aromatic carbocycles. The maximum Gasteiger partial charge on any atom is 0.228 e. The number of carbonyl (C=O) groups is 3. The van der Waals surface area contributed by atoms with Gasteiger partial charge >= 0.3 is 0 Å². The van der Waals surface area contributed by atoms with Gasteiger partial charge in [-0.1, -0.05) is 43.5 Å². The number of hydrogen-bond acceptors (Lipinski definition) is 4. The molecule has 0 saturated carbocycles. The lowest BCUT2D eigenvalue weighted by molar-refractivity contribution is -0.139. The van der Waals surface area contributed by atoms with Gasteiger partial charge in [-0.3, -0.25) is 14.4 Å². The second kappa shape index (κ2) is 11.2. The van der Waals surface area contributed by atoms with Gasteiger partial charge in [0.15, 0.2) is 0 Å². The third-order valence-corrected chi connectivity index (χ3v) is 7.99. The minimum absolute atomic E-state index is 0.0121. The number of thiophene rings is 1. The molecule has 4 rings (SSSR count). The molecule has 2 unspecified atom stereocenters. The number of carbonyl (C=O) groups excluding carboxylic acids is 3. The molecule has 0 spiro atoms. The molecule has 182 valence electrons. The van der Waals surface area contributed by atoms with E-state index in [2.05, 4.69) is 12.2 Å². The summed E-state index contributed by atoms with van der Waals surface area (Å²) in [5.74, 6) is -0.314. The van der Waals surface area contributed by atoms with E-state index in [-0.39, 0.29) is 36.1 Å². The first-order valence-electron chi connectivity index (χ1n) is 12.5. The van der Waals surface area contributed by atoms with E-state index in [0.717, 1.165) is 41.9 Å². The van der Waals surface area contributed by atoms with E-state index in [4.69, 9.17) is 0 Å². The smallest absolute Gasteiger partial charge is 0.228 e. The molecule has 3 amide bonds. The highest BCUT2D eigenvalue weighted by Crippen LogP contribution is 2.44. The predicted molar refractivity (Wildman–Crippen MR) is 136 cm³/mol. The van der Waals surface area contributed by atoms with Gasteiger partial charge in [-0.15, -0.1) is 11.3 Å². The number of aryl methyl sites for hydroxylation is 1. The SMILES string of the molecule is CCCCCNC(=O)C1CCN(C(=O)C2CC(=O)N(c3ccc(C)cc3)C2c2cccs2)CC1. The highest BCUT2D eigenvalue weighted by Gasteiger charge is 2.47. The second-order valence-electron chi connectivity index (χ2n) is 9.47. The molecule has 2 aliphatic heterocycles. The molecule has 2 aliphatic rings. The maximum atomic E-state index is 13.7. The van der Waals surface area contributed by atoms with Crippen LogP contribution in [0.3, 0.4) is 0 Å². The Morgan fingerprint density at radius 3 is 2.47 bits per heavy atom. The van der Waals surface area contributed by atoms with Crippen molar-refractivity contribution in [3.8, 4) is 0 Å². The van der Waals surface area contributed by atoms with Crippen LogP contribution in [0.1, 0.15) is 61.9 Å². The van der Waals surface area contributed by atoms with Gasteiger partial charge in [-0.2, -0.15) is 0 Å². The Hall–Kier alpha value is -2.67. The second-order valence-corrected chi connectivity index (χ2v) is 10.4. The van der Waals surface area contributed by atoms with Crippen LogP contribution in [0.5, 0.6) is 0 Å². The summed E-state index contributed by atoms with van der Waals surface area (Å²) in [6.07, 6.45) is 4.84. The van der Waals surface area contributed by atoms with Crippen LogP contribution in [-0.2, 0) is 14.4 Å². The molecule has 2 saturated heterocycles. The Bertz CT molecular complexity index is 981. The van der Waals surface area contributed by atoms with Crippen LogP contribution in [0.2, 0.25) is 0 Å². The van der Waals surface area contributed by atoms with Gasteiger partial charge in [0.25, 0.3) is 0 Å². The van der Waals surface area contributed by atoms with Crippen LogP contribution in [0.25, 0.3) is 0 Å². The number of nitrogens with one attached hydrogen (secondary N) is 1. The zero-order chi connectivity index (χ0) is 24.1. The largest absolute Gasteiger partial charge is 0.356 e. The van der Waals surface area contributed by atoms with Crippen molar-refractivity contribution in [2.24, 2.45) is 11.8 Å². The summed E-state index contributed by atoms with van der Waals surface area (Å²) < 4.78 is 0. The highest BCUT2D eigenvalue weighted by molar-refractivity contribution is 7.10. The Balaban J connectivity index is 1.44. The first-order valence-corrected chi connectivity index (χ1v) is 13.4. The van der Waals surface area contributed by atoms with Gasteiger partial charge in [0.1, 0.15) is 0 Å². The van der Waals surface area contributed by atoms with Crippen molar-refractivity contribution < 1.29 is 14.4 Å². The summed E-state index contributed by atoms with van der Waals surface area (Å²) in [5.41, 5.74) is 1.97. The summed E-state index contributed by atoms with van der Waals surface area (Å²) in [4.78, 5) is 44.0. The fraction of sp³-hybridized carbons (Fsp3) is 0.519. The fourth-order valence-corrected chi connectivity index (χ4v) is 5.96. The van der Waals surface area contributed by atoms with E-state index in [1.807, 2.05) is 58.5 Å². The molecule has 6 nitrogen and oxygen atoms in total. The number of piperidine rings is 1. The highest BCUT2D eigenvalue weighted by atomic mass is 32.1. The van der Waals surface area contributed by atoms with Crippen molar-refractivity contribution in [3.05, 3.63) is 52.2 Å². The third-order valence-electron chi connectivity index (χ3n) is 7.04. The predicted octanol–water partition coefficient (Wildman–Crippen LogP) is 4.70. The van der Waals surface area contributed by atoms with E-state index < -0.39 is 5.92 Å². The normalized spacial score (nSPS) is 21.2. The quantitative estimate of drug-likeness (QED) is 0.556. The average Bonchev–Trinajstić information content (AvgIpc) is 3.50. The summed E-state index contributed by atoms with van der Waals surface area (Å²) in [6, 6.07) is 11.6. The molecule has 2 fully saturated rings. The Morgan fingerprint density at radius 1 is 1.09 bits per heavy atom. The van der Waals surface area contributed by atoms with Crippen molar-refractivity contribution in [2.45, 2.75) is 58.4 Å². The lowest BCUT2D eigenvalue weighted by atomic mass is 9.92. The van der Waals surface area contributed by atoms with Crippen molar-refractivity contribution in [2.75, 3.05) is 24.5 Å². The molecular weight excluding hydrogens is 446 g/mol. The molecule has 2 atom stereocenters. The number of rotatable bonds is 8. The average molecular weight is 482 g/mol. The van der Waals surface area contributed by atoms with Gasteiger partial charge in [-0.05, 0) is 49.8 Å². The van der Waals surface area contributed by atoms with Gasteiger partial charge < -0.3 is 15.1 Å². The van der Waals surface area contributed by atoms with Gasteiger partial charge in [0.2, 0.25) is 17.7 Å². The first-order chi connectivity index (χ1) is 16.5. The van der Waals surface area contributed by atoms with E-state index in [1.165, 1.54) is 0 Å². The van der Waals surface area contributed by atoms with Crippen LogP contribution >= 0.6 is 11.3 Å². The maximum absolute atomic E-state index is 13.7. The topological polar surface area (TPSA) is 69.7 Å². The summed E-state index contributed by atoms with van der Waals surface area (Å²) in [5, 5.41) is 5.05. The first kappa shape index (κ1) is 24.5. The van der Waals surface area contributed by atoms with E-state index in [0.29, 0.717) is 25.9 Å². The van der Waals surface area contributed by atoms with Crippen LogP contribution in [0, 0.1) is 18.8 Å². The van der Waals surface area contributed by atoms with Crippen molar-refractivity contribution in [1.82, 2.24) is 10.2 Å². The van der Waals surface area contributed by atoms with Gasteiger partial charge in [0, 0.05) is 42.5 Å². The molecule has 7 heteroatoms. The molecular formula is C27H35N3O3S. The molecule has 0 radical (unpaired) electrons. The monoisotopic (exact) mass is 481 g/mol. The lowest BCUT2D eigenvalue weighted by Crippen LogP contribution is -2.46. The molecule has 2 aromatic rings. The van der Waals surface area contributed by atoms with Crippen molar-refractivity contribution >= 4 is 34.7 Å². The Kier molecular flexibility index (Phi) is 8.03. The van der Waals surface area contributed by atoms with Crippen LogP contribution in [0.15, 0.2) is 41.8 Å². The molecule has 1 aromatic heterocycles. The van der Waals surface area contributed by atoms with E-state index in [1.54, 1.807) is 11.3 Å². The minimum atomic E-state index is -0.410. The van der Waals surface area contributed by atoms with E-state index >= 15 is 0 Å². The number of hydrogen-bond donors (Lipinski definition) is 1. The number of nitrogens with zero attached hydrogens (tertiary/aromatic N) is 2. The van der Waals surface area contributed by atoms with Crippen LogP contribution in [-0.4, -0.2) is 42.3 Å². The molecule has 3 heterocycles. The molecule has 34 heavy (non-hydrogen) atoms. The zero-order valence-corrected chi connectivity index (χ0v) is 21.0. The third kappa shape index (κ3) is 5.35. The Morgan fingerprint density at radius 2 is 1.82 bits per heavy atom. The molecule has 0 bridgehead atoms. The number of benzene rings is 1. The summed E-state index contributed by atoms with van der Waals surface area (Å²) in [7, 11) is 0. The van der Waals surface area contributed by atoms with Crippen LogP contribution < -0.4 is 10.2 Å². The lowest BCUT2D eigenvalue weighted by Gasteiger charge is -2.35.